The Bertz CT molecular complexity index is 408. The van der Waals surface area contributed by atoms with Gasteiger partial charge in [-0.3, -0.25) is 4.79 Å². The van der Waals surface area contributed by atoms with E-state index < -0.39 is 5.97 Å². The second-order valence-corrected chi connectivity index (χ2v) is 6.26. The first-order valence-corrected chi connectivity index (χ1v) is 7.66. The van der Waals surface area contributed by atoms with Crippen LogP contribution >= 0.6 is 11.3 Å². The highest BCUT2D eigenvalue weighted by Crippen LogP contribution is 2.36. The number of carbonyl (C=O) groups is 1. The van der Waals surface area contributed by atoms with Crippen molar-refractivity contribution in [3.8, 4) is 0 Å². The van der Waals surface area contributed by atoms with Crippen LogP contribution in [-0.4, -0.2) is 16.1 Å². The second-order valence-electron chi connectivity index (χ2n) is 5.14. The summed E-state index contributed by atoms with van der Waals surface area (Å²) in [5.41, 5.74) is 1.12. The highest BCUT2D eigenvalue weighted by molar-refractivity contribution is 7.11. The quantitative estimate of drug-likeness (QED) is 0.880. The van der Waals surface area contributed by atoms with Gasteiger partial charge in [0.25, 0.3) is 0 Å². The smallest absolute Gasteiger partial charge is 0.303 e. The third kappa shape index (κ3) is 3.55. The molecule has 18 heavy (non-hydrogen) atoms. The molecular weight excluding hydrogens is 246 g/mol. The van der Waals surface area contributed by atoms with E-state index in [2.05, 4.69) is 6.92 Å². The van der Waals surface area contributed by atoms with Gasteiger partial charge in [-0.15, -0.1) is 11.3 Å². The van der Waals surface area contributed by atoms with Crippen LogP contribution in [0, 0.1) is 6.92 Å². The van der Waals surface area contributed by atoms with Crippen molar-refractivity contribution in [3.63, 3.8) is 0 Å². The molecule has 0 radical (unpaired) electrons. The number of aryl methyl sites for hydroxylation is 2. The first-order valence-electron chi connectivity index (χ1n) is 6.85. The van der Waals surface area contributed by atoms with Gasteiger partial charge in [0, 0.05) is 17.2 Å². The van der Waals surface area contributed by atoms with Crippen molar-refractivity contribution in [1.29, 1.82) is 0 Å². The zero-order valence-corrected chi connectivity index (χ0v) is 11.8. The lowest BCUT2D eigenvalue weighted by Crippen LogP contribution is -2.03. The Morgan fingerprint density at radius 3 is 2.78 bits per heavy atom. The van der Waals surface area contributed by atoms with Crippen molar-refractivity contribution in [3.05, 3.63) is 15.6 Å². The maximum atomic E-state index is 10.5. The summed E-state index contributed by atoms with van der Waals surface area (Å²) in [5.74, 6) is -0.0413. The molecule has 0 amide bonds. The molecule has 1 aliphatic carbocycles. The molecule has 1 heterocycles. The lowest BCUT2D eigenvalue weighted by Gasteiger charge is -2.18. The van der Waals surface area contributed by atoms with Crippen LogP contribution in [0.5, 0.6) is 0 Å². The van der Waals surface area contributed by atoms with Gasteiger partial charge in [0.2, 0.25) is 0 Å². The van der Waals surface area contributed by atoms with Crippen LogP contribution in [0.1, 0.15) is 66.4 Å². The minimum atomic E-state index is -0.704. The number of hydrogen-bond donors (Lipinski definition) is 1. The van der Waals surface area contributed by atoms with Crippen LogP contribution in [0.25, 0.3) is 0 Å². The fourth-order valence-electron chi connectivity index (χ4n) is 2.61. The Morgan fingerprint density at radius 2 is 2.11 bits per heavy atom. The summed E-state index contributed by atoms with van der Waals surface area (Å²) in [5, 5.41) is 9.95. The summed E-state index contributed by atoms with van der Waals surface area (Å²) in [7, 11) is 0. The Labute approximate surface area is 112 Å². The van der Waals surface area contributed by atoms with Crippen molar-refractivity contribution in [2.45, 2.75) is 64.2 Å². The van der Waals surface area contributed by atoms with Crippen LogP contribution < -0.4 is 0 Å². The molecule has 4 heteroatoms. The first-order chi connectivity index (χ1) is 8.66. The SMILES string of the molecule is Cc1nc(C2CCCCC2)sc1CCCC(=O)O. The molecule has 2 rings (SSSR count). The fraction of sp³-hybridized carbons (Fsp3) is 0.714. The minimum Gasteiger partial charge on any atom is -0.481 e. The molecule has 1 aliphatic rings. The minimum absolute atomic E-state index is 0.260. The van der Waals surface area contributed by atoms with Crippen molar-refractivity contribution in [2.75, 3.05) is 0 Å². The molecule has 1 saturated carbocycles. The topological polar surface area (TPSA) is 50.2 Å². The largest absolute Gasteiger partial charge is 0.481 e. The predicted octanol–water partition coefficient (Wildman–Crippen LogP) is 3.91. The summed E-state index contributed by atoms with van der Waals surface area (Å²) in [6.45, 7) is 2.05. The number of carboxylic acids is 1. The van der Waals surface area contributed by atoms with Crippen LogP contribution in [0.15, 0.2) is 0 Å². The number of nitrogens with zero attached hydrogens (tertiary/aromatic N) is 1. The first kappa shape index (κ1) is 13.5. The van der Waals surface area contributed by atoms with Crippen LogP contribution in [0.3, 0.4) is 0 Å². The highest BCUT2D eigenvalue weighted by Gasteiger charge is 2.20. The molecule has 0 saturated heterocycles. The van der Waals surface area contributed by atoms with Crippen LogP contribution in [-0.2, 0) is 11.2 Å². The number of rotatable bonds is 5. The normalized spacial score (nSPS) is 16.9. The van der Waals surface area contributed by atoms with Gasteiger partial charge in [-0.25, -0.2) is 4.98 Å². The van der Waals surface area contributed by atoms with E-state index in [1.165, 1.54) is 42.0 Å². The van der Waals surface area contributed by atoms with Crippen molar-refractivity contribution in [1.82, 2.24) is 4.98 Å². The number of carboxylic acid groups (broad SMARTS) is 1. The third-order valence-corrected chi connectivity index (χ3v) is 5.04. The maximum absolute atomic E-state index is 10.5. The molecule has 1 N–H and O–H groups in total. The van der Waals surface area contributed by atoms with Gasteiger partial charge in [0.1, 0.15) is 0 Å². The van der Waals surface area contributed by atoms with Gasteiger partial charge < -0.3 is 5.11 Å². The summed E-state index contributed by atoms with van der Waals surface area (Å²) in [4.78, 5) is 16.5. The molecule has 1 aromatic heterocycles. The molecule has 0 aliphatic heterocycles. The van der Waals surface area contributed by atoms with Crippen molar-refractivity contribution < 1.29 is 9.90 Å². The number of hydrogen-bond acceptors (Lipinski definition) is 3. The number of aromatic nitrogens is 1. The molecule has 100 valence electrons. The Kier molecular flexibility index (Phi) is 4.75. The van der Waals surface area contributed by atoms with Crippen LogP contribution in [0.4, 0.5) is 0 Å². The van der Waals surface area contributed by atoms with E-state index in [1.807, 2.05) is 11.3 Å². The van der Waals surface area contributed by atoms with E-state index in [0.717, 1.165) is 18.5 Å². The lowest BCUT2D eigenvalue weighted by molar-refractivity contribution is -0.137. The Hall–Kier alpha value is -0.900. The third-order valence-electron chi connectivity index (χ3n) is 3.66. The monoisotopic (exact) mass is 267 g/mol. The summed E-state index contributed by atoms with van der Waals surface area (Å²) >= 11 is 1.81. The highest BCUT2D eigenvalue weighted by atomic mass is 32.1. The van der Waals surface area contributed by atoms with Gasteiger partial charge >= 0.3 is 5.97 Å². The fourth-order valence-corrected chi connectivity index (χ4v) is 3.88. The van der Waals surface area contributed by atoms with Gasteiger partial charge in [0.05, 0.1) is 10.7 Å². The molecule has 0 aromatic carbocycles. The van der Waals surface area contributed by atoms with E-state index in [-0.39, 0.29) is 6.42 Å². The van der Waals surface area contributed by atoms with Gasteiger partial charge in [-0.1, -0.05) is 19.3 Å². The van der Waals surface area contributed by atoms with E-state index in [9.17, 15) is 4.79 Å². The predicted molar refractivity (Wildman–Crippen MR) is 73.3 cm³/mol. The zero-order valence-electron chi connectivity index (χ0n) is 10.9. The standard InChI is InChI=1S/C14H21NO2S/c1-10-12(8-5-9-13(16)17)18-14(15-10)11-6-3-2-4-7-11/h11H,2-9H2,1H3,(H,16,17). The number of thiazole rings is 1. The van der Waals surface area contributed by atoms with Crippen LogP contribution in [0.2, 0.25) is 0 Å². The molecule has 0 bridgehead atoms. The Morgan fingerprint density at radius 1 is 1.39 bits per heavy atom. The van der Waals surface area contributed by atoms with E-state index in [0.29, 0.717) is 5.92 Å². The molecule has 1 aromatic rings. The zero-order chi connectivity index (χ0) is 13.0. The van der Waals surface area contributed by atoms with Crippen molar-refractivity contribution >= 4 is 17.3 Å². The molecule has 0 spiro atoms. The van der Waals surface area contributed by atoms with Gasteiger partial charge in [0.15, 0.2) is 0 Å². The van der Waals surface area contributed by atoms with Gasteiger partial charge in [-0.05, 0) is 32.6 Å². The Balaban J connectivity index is 1.95. The van der Waals surface area contributed by atoms with Crippen molar-refractivity contribution in [2.24, 2.45) is 0 Å². The molecule has 3 nitrogen and oxygen atoms in total. The van der Waals surface area contributed by atoms with E-state index >= 15 is 0 Å². The lowest BCUT2D eigenvalue weighted by atomic mass is 9.90. The summed E-state index contributed by atoms with van der Waals surface area (Å²) in [6, 6.07) is 0. The van der Waals surface area contributed by atoms with E-state index in [4.69, 9.17) is 10.1 Å². The molecule has 0 unspecified atom stereocenters. The molecular formula is C14H21NO2S. The molecule has 1 fully saturated rings. The maximum Gasteiger partial charge on any atom is 0.303 e. The average molecular weight is 267 g/mol. The van der Waals surface area contributed by atoms with Gasteiger partial charge in [-0.2, -0.15) is 0 Å². The second kappa shape index (κ2) is 6.32. The average Bonchev–Trinajstić information content (AvgIpc) is 2.72. The van der Waals surface area contributed by atoms with E-state index in [1.54, 1.807) is 0 Å². The summed E-state index contributed by atoms with van der Waals surface area (Å²) in [6.07, 6.45) is 8.44. The summed E-state index contributed by atoms with van der Waals surface area (Å²) < 4.78 is 0. The number of aliphatic carboxylic acids is 1. The molecule has 0 atom stereocenters.